The summed E-state index contributed by atoms with van der Waals surface area (Å²) in [6, 6.07) is 12.0. The summed E-state index contributed by atoms with van der Waals surface area (Å²) in [6.45, 7) is 4.61. The van der Waals surface area contributed by atoms with E-state index in [1.165, 1.54) is 11.1 Å². The minimum Gasteiger partial charge on any atom is -0.379 e. The van der Waals surface area contributed by atoms with Gasteiger partial charge in [0.15, 0.2) is 0 Å². The Bertz CT molecular complexity index is 1060. The number of hydrogen-bond acceptors (Lipinski definition) is 5. The van der Waals surface area contributed by atoms with Crippen molar-refractivity contribution in [3.63, 3.8) is 0 Å². The fourth-order valence-electron chi connectivity index (χ4n) is 4.12. The first kappa shape index (κ1) is 21.1. The lowest BCUT2D eigenvalue weighted by Crippen LogP contribution is -2.52. The van der Waals surface area contributed by atoms with E-state index in [1.807, 2.05) is 54.9 Å². The molecule has 4 rings (SSSR count). The zero-order valence-electron chi connectivity index (χ0n) is 18.5. The second-order valence-electron chi connectivity index (χ2n) is 8.11. The van der Waals surface area contributed by atoms with Gasteiger partial charge in [0.1, 0.15) is 6.04 Å². The summed E-state index contributed by atoms with van der Waals surface area (Å²) in [7, 11) is 3.57. The van der Waals surface area contributed by atoms with Gasteiger partial charge in [-0.3, -0.25) is 14.5 Å². The highest BCUT2D eigenvalue weighted by molar-refractivity contribution is 6.04. The Hall–Kier alpha value is -3.19. The number of rotatable bonds is 7. The predicted octanol–water partition coefficient (Wildman–Crippen LogP) is 3.21. The van der Waals surface area contributed by atoms with E-state index in [0.29, 0.717) is 0 Å². The zero-order valence-corrected chi connectivity index (χ0v) is 18.5. The number of pyridine rings is 1. The van der Waals surface area contributed by atoms with Crippen molar-refractivity contribution in [1.29, 1.82) is 0 Å². The second-order valence-corrected chi connectivity index (χ2v) is 8.11. The summed E-state index contributed by atoms with van der Waals surface area (Å²) in [5, 5.41) is 7.51. The van der Waals surface area contributed by atoms with Crippen LogP contribution in [-0.2, 0) is 28.9 Å². The van der Waals surface area contributed by atoms with Crippen LogP contribution in [0.2, 0.25) is 0 Å². The van der Waals surface area contributed by atoms with Gasteiger partial charge < -0.3 is 15.0 Å². The average Bonchev–Trinajstić information content (AvgIpc) is 3.21. The summed E-state index contributed by atoms with van der Waals surface area (Å²) < 4.78 is 7.40. The van der Waals surface area contributed by atoms with Gasteiger partial charge in [0.05, 0.1) is 35.9 Å². The summed E-state index contributed by atoms with van der Waals surface area (Å²) >= 11 is 0. The van der Waals surface area contributed by atoms with E-state index < -0.39 is 0 Å². The number of ether oxygens (including phenoxy) is 1. The van der Waals surface area contributed by atoms with Gasteiger partial charge in [-0.15, -0.1) is 0 Å². The maximum absolute atomic E-state index is 12.6. The van der Waals surface area contributed by atoms with Crippen LogP contribution in [0.4, 0.5) is 11.4 Å². The van der Waals surface area contributed by atoms with Crippen LogP contribution in [0.3, 0.4) is 0 Å². The Morgan fingerprint density at radius 3 is 2.71 bits per heavy atom. The fraction of sp³-hybridized carbons (Fsp3) is 0.375. The number of hydrogen-bond donors (Lipinski definition) is 1. The number of carbonyl (C=O) groups is 1. The number of likely N-dealkylation sites (N-methyl/N-ethyl adjacent to an activating group) is 1. The number of fused-ring (bicyclic) bond motifs is 1. The van der Waals surface area contributed by atoms with Crippen molar-refractivity contribution in [1.82, 2.24) is 14.8 Å². The van der Waals surface area contributed by atoms with E-state index >= 15 is 0 Å². The maximum Gasteiger partial charge on any atom is 0.249 e. The summed E-state index contributed by atoms with van der Waals surface area (Å²) in [4.78, 5) is 19.3. The van der Waals surface area contributed by atoms with Crippen LogP contribution in [0.15, 0.2) is 48.8 Å². The Morgan fingerprint density at radius 2 is 1.97 bits per heavy atom. The molecule has 162 valence electrons. The second kappa shape index (κ2) is 8.89. The quantitative estimate of drug-likeness (QED) is 0.637. The van der Waals surface area contributed by atoms with Crippen LogP contribution in [0.5, 0.6) is 0 Å². The standard InChI is InChI=1S/C24H29N5O2/c1-16-22-21(28(3)23(17(2)31-4)24(30)27-22)12-20(26-16)11-10-19-13-25-29(15-19)14-18-8-6-5-7-9-18/h5-9,12-13,15,17,23H,10-11,14H2,1-4H3,(H,27,30)/t17-,23+/m1/s1. The van der Waals surface area contributed by atoms with Gasteiger partial charge in [-0.2, -0.15) is 5.10 Å². The van der Waals surface area contributed by atoms with Crippen molar-refractivity contribution >= 4 is 17.3 Å². The Morgan fingerprint density at radius 1 is 1.19 bits per heavy atom. The van der Waals surface area contributed by atoms with Gasteiger partial charge in [0, 0.05) is 26.0 Å². The average molecular weight is 420 g/mol. The number of nitrogens with zero attached hydrogens (tertiary/aromatic N) is 4. The van der Waals surface area contributed by atoms with Gasteiger partial charge in [-0.1, -0.05) is 30.3 Å². The molecule has 2 atom stereocenters. The van der Waals surface area contributed by atoms with Gasteiger partial charge in [0.2, 0.25) is 5.91 Å². The van der Waals surface area contributed by atoms with Crippen LogP contribution in [-0.4, -0.2) is 47.0 Å². The number of amides is 1. The SMILES string of the molecule is CO[C@H](C)[C@H]1C(=O)Nc2c(cc(CCc3cnn(Cc4ccccc4)c3)nc2C)N1C. The molecule has 0 spiro atoms. The van der Waals surface area contributed by atoms with E-state index in [4.69, 9.17) is 9.72 Å². The molecule has 7 nitrogen and oxygen atoms in total. The number of benzene rings is 1. The molecule has 7 heteroatoms. The van der Waals surface area contributed by atoms with Crippen LogP contribution < -0.4 is 10.2 Å². The molecule has 0 aliphatic carbocycles. The number of carbonyl (C=O) groups excluding carboxylic acids is 1. The normalized spacial score (nSPS) is 16.7. The Kier molecular flexibility index (Phi) is 6.04. The first-order chi connectivity index (χ1) is 15.0. The van der Waals surface area contributed by atoms with Crippen molar-refractivity contribution in [2.45, 2.75) is 45.4 Å². The third-order valence-electron chi connectivity index (χ3n) is 5.91. The molecule has 1 amide bonds. The number of anilines is 2. The molecule has 1 aliphatic heterocycles. The molecule has 0 unspecified atom stereocenters. The molecule has 0 saturated heterocycles. The van der Waals surface area contributed by atoms with E-state index in [-0.39, 0.29) is 18.1 Å². The van der Waals surface area contributed by atoms with Crippen LogP contribution in [0.1, 0.15) is 29.4 Å². The van der Waals surface area contributed by atoms with Gasteiger partial charge in [-0.05, 0) is 43.9 Å². The van der Waals surface area contributed by atoms with Crippen molar-refractivity contribution < 1.29 is 9.53 Å². The van der Waals surface area contributed by atoms with E-state index in [9.17, 15) is 4.79 Å². The summed E-state index contributed by atoms with van der Waals surface area (Å²) in [5.41, 5.74) is 6.01. The highest BCUT2D eigenvalue weighted by Gasteiger charge is 2.36. The monoisotopic (exact) mass is 419 g/mol. The lowest BCUT2D eigenvalue weighted by molar-refractivity contribution is -0.120. The predicted molar refractivity (Wildman–Crippen MR) is 121 cm³/mol. The largest absolute Gasteiger partial charge is 0.379 e. The zero-order chi connectivity index (χ0) is 22.0. The molecule has 1 aliphatic rings. The van der Waals surface area contributed by atoms with E-state index in [1.54, 1.807) is 7.11 Å². The molecular weight excluding hydrogens is 390 g/mol. The Balaban J connectivity index is 1.48. The molecule has 3 heterocycles. The van der Waals surface area contributed by atoms with E-state index in [0.717, 1.165) is 42.1 Å². The fourth-order valence-corrected chi connectivity index (χ4v) is 4.12. The number of nitrogens with one attached hydrogen (secondary N) is 1. The molecule has 0 saturated carbocycles. The smallest absolute Gasteiger partial charge is 0.249 e. The molecule has 3 aromatic rings. The molecule has 0 fully saturated rings. The molecule has 0 radical (unpaired) electrons. The molecular formula is C24H29N5O2. The first-order valence-electron chi connectivity index (χ1n) is 10.6. The van der Waals surface area contributed by atoms with Crippen molar-refractivity contribution in [3.05, 3.63) is 71.3 Å². The minimum absolute atomic E-state index is 0.0622. The third-order valence-corrected chi connectivity index (χ3v) is 5.91. The van der Waals surface area contributed by atoms with Crippen molar-refractivity contribution in [3.8, 4) is 0 Å². The lowest BCUT2D eigenvalue weighted by atomic mass is 10.0. The number of aryl methyl sites for hydroxylation is 3. The topological polar surface area (TPSA) is 72.3 Å². The molecule has 2 aromatic heterocycles. The minimum atomic E-state index is -0.372. The highest BCUT2D eigenvalue weighted by Crippen LogP contribution is 2.35. The maximum atomic E-state index is 12.6. The first-order valence-corrected chi connectivity index (χ1v) is 10.6. The van der Waals surface area contributed by atoms with Crippen LogP contribution in [0, 0.1) is 6.92 Å². The molecule has 31 heavy (non-hydrogen) atoms. The summed E-state index contributed by atoms with van der Waals surface area (Å²) in [5.74, 6) is -0.0622. The third kappa shape index (κ3) is 4.46. The van der Waals surface area contributed by atoms with Crippen LogP contribution in [0.25, 0.3) is 0 Å². The lowest BCUT2D eigenvalue weighted by Gasteiger charge is -2.38. The number of aromatic nitrogens is 3. The summed E-state index contributed by atoms with van der Waals surface area (Å²) in [6.07, 6.45) is 5.47. The van der Waals surface area contributed by atoms with Crippen molar-refractivity contribution in [2.75, 3.05) is 24.4 Å². The molecule has 1 N–H and O–H groups in total. The molecule has 0 bridgehead atoms. The van der Waals surface area contributed by atoms with Gasteiger partial charge in [-0.25, -0.2) is 0 Å². The molecule has 1 aromatic carbocycles. The van der Waals surface area contributed by atoms with Crippen molar-refractivity contribution in [2.24, 2.45) is 0 Å². The number of methoxy groups -OCH3 is 1. The Labute approximate surface area is 183 Å². The van der Waals surface area contributed by atoms with Gasteiger partial charge in [0.25, 0.3) is 0 Å². The highest BCUT2D eigenvalue weighted by atomic mass is 16.5. The van der Waals surface area contributed by atoms with E-state index in [2.05, 4.69) is 34.8 Å². The van der Waals surface area contributed by atoms with Gasteiger partial charge >= 0.3 is 0 Å². The van der Waals surface area contributed by atoms with Crippen LogP contribution >= 0.6 is 0 Å².